The Morgan fingerprint density at radius 2 is 2.19 bits per heavy atom. The molecule has 7 nitrogen and oxygen atoms in total. The topological polar surface area (TPSA) is 107 Å². The normalized spacial score (nSPS) is 24.8. The summed E-state index contributed by atoms with van der Waals surface area (Å²) in [6.07, 6.45) is 3.05. The molecular weight excluding hydrogens is 214 g/mol. The van der Waals surface area contributed by atoms with E-state index < -0.39 is 11.2 Å². The van der Waals surface area contributed by atoms with Crippen molar-refractivity contribution in [2.45, 2.75) is 31.8 Å². The molecule has 7 heteroatoms. The molecule has 0 aromatic heterocycles. The zero-order valence-corrected chi connectivity index (χ0v) is 9.05. The van der Waals surface area contributed by atoms with Gasteiger partial charge in [-0.1, -0.05) is 12.8 Å². The summed E-state index contributed by atoms with van der Waals surface area (Å²) in [5.41, 5.74) is 5.15. The van der Waals surface area contributed by atoms with Crippen LogP contribution in [0.1, 0.15) is 25.7 Å². The predicted molar refractivity (Wildman–Crippen MR) is 55.9 cm³/mol. The molecule has 1 rings (SSSR count). The molecule has 0 spiro atoms. The second kappa shape index (κ2) is 6.26. The number of hydrogen-bond donors (Lipinski definition) is 2. The molecule has 1 saturated carbocycles. The molecule has 2 atom stereocenters. The second-order valence-corrected chi connectivity index (χ2v) is 3.92. The van der Waals surface area contributed by atoms with Gasteiger partial charge in [0.15, 0.2) is 0 Å². The van der Waals surface area contributed by atoms with Gasteiger partial charge in [0.05, 0.1) is 6.54 Å². The number of nitrogens with two attached hydrogens (primary N) is 1. The fourth-order valence-corrected chi connectivity index (χ4v) is 1.97. The molecular formula is C9H17N3O4. The lowest BCUT2D eigenvalue weighted by molar-refractivity contribution is -0.771. The third-order valence-corrected chi connectivity index (χ3v) is 2.81. The van der Waals surface area contributed by atoms with E-state index in [4.69, 9.17) is 5.73 Å². The van der Waals surface area contributed by atoms with Crippen molar-refractivity contribution in [3.8, 4) is 0 Å². The molecule has 0 aromatic carbocycles. The van der Waals surface area contributed by atoms with E-state index in [0.717, 1.165) is 19.3 Å². The minimum atomic E-state index is -0.756. The average Bonchev–Trinajstić information content (AvgIpc) is 2.26. The lowest BCUT2D eigenvalue weighted by atomic mass is 9.86. The molecule has 0 saturated heterocycles. The van der Waals surface area contributed by atoms with Crippen molar-refractivity contribution in [3.63, 3.8) is 0 Å². The lowest BCUT2D eigenvalue weighted by Crippen LogP contribution is -2.40. The van der Waals surface area contributed by atoms with Gasteiger partial charge in [-0.3, -0.25) is 4.79 Å². The van der Waals surface area contributed by atoms with Gasteiger partial charge in [0, 0.05) is 12.5 Å². The van der Waals surface area contributed by atoms with Crippen LogP contribution < -0.4 is 11.1 Å². The molecule has 0 aliphatic heterocycles. The third-order valence-electron chi connectivity index (χ3n) is 2.81. The Kier molecular flexibility index (Phi) is 4.97. The minimum absolute atomic E-state index is 0.00894. The van der Waals surface area contributed by atoms with E-state index in [2.05, 4.69) is 10.2 Å². The molecule has 1 amide bonds. The van der Waals surface area contributed by atoms with E-state index in [1.807, 2.05) is 0 Å². The largest absolute Gasteiger partial charge is 0.355 e. The summed E-state index contributed by atoms with van der Waals surface area (Å²) in [6, 6.07) is 0. The lowest BCUT2D eigenvalue weighted by Gasteiger charge is -2.29. The van der Waals surface area contributed by atoms with Crippen molar-refractivity contribution >= 4 is 5.91 Å². The minimum Gasteiger partial charge on any atom is -0.355 e. The molecule has 0 aromatic rings. The SMILES string of the molecule is NCC(=O)NCC1CCCCC1O[N+](=O)[O-]. The number of carbonyl (C=O) groups excluding carboxylic acids is 1. The molecule has 1 fully saturated rings. The number of nitrogens with one attached hydrogen (secondary N) is 1. The van der Waals surface area contributed by atoms with Gasteiger partial charge < -0.3 is 15.9 Å². The summed E-state index contributed by atoms with van der Waals surface area (Å²) in [5, 5.41) is 12.2. The maximum absolute atomic E-state index is 11.0. The van der Waals surface area contributed by atoms with Crippen LogP contribution in [0.25, 0.3) is 0 Å². The highest BCUT2D eigenvalue weighted by molar-refractivity contribution is 5.77. The molecule has 3 N–H and O–H groups in total. The second-order valence-electron chi connectivity index (χ2n) is 3.92. The van der Waals surface area contributed by atoms with Gasteiger partial charge in [0.2, 0.25) is 5.91 Å². The van der Waals surface area contributed by atoms with Crippen molar-refractivity contribution in [2.75, 3.05) is 13.1 Å². The smallest absolute Gasteiger partial charge is 0.294 e. The first-order valence-corrected chi connectivity index (χ1v) is 5.41. The Morgan fingerprint density at radius 3 is 2.81 bits per heavy atom. The van der Waals surface area contributed by atoms with E-state index in [9.17, 15) is 14.9 Å². The van der Waals surface area contributed by atoms with Crippen LogP contribution >= 0.6 is 0 Å². The Hall–Kier alpha value is -1.37. The van der Waals surface area contributed by atoms with Crippen molar-refractivity contribution < 1.29 is 14.7 Å². The highest BCUT2D eigenvalue weighted by Gasteiger charge is 2.28. The van der Waals surface area contributed by atoms with Gasteiger partial charge in [-0.05, 0) is 12.8 Å². The fourth-order valence-electron chi connectivity index (χ4n) is 1.97. The standard InChI is InChI=1S/C9H17N3O4/c10-5-9(13)11-6-7-3-1-2-4-8(7)16-12(14)15/h7-8H,1-6,10H2,(H,11,13). The van der Waals surface area contributed by atoms with Crippen LogP contribution in [-0.2, 0) is 9.63 Å². The monoisotopic (exact) mass is 231 g/mol. The number of rotatable bonds is 5. The summed E-state index contributed by atoms with van der Waals surface area (Å²) in [5.74, 6) is -0.236. The maximum atomic E-state index is 11.0. The zero-order chi connectivity index (χ0) is 12.0. The van der Waals surface area contributed by atoms with Crippen LogP contribution in [0.2, 0.25) is 0 Å². The van der Waals surface area contributed by atoms with Crippen molar-refractivity contribution in [1.29, 1.82) is 0 Å². The molecule has 0 radical (unpaired) electrons. The molecule has 92 valence electrons. The summed E-state index contributed by atoms with van der Waals surface area (Å²) in [7, 11) is 0. The fraction of sp³-hybridized carbons (Fsp3) is 0.889. The number of carbonyl (C=O) groups is 1. The van der Waals surface area contributed by atoms with Crippen LogP contribution in [0.15, 0.2) is 0 Å². The predicted octanol–water partition coefficient (Wildman–Crippen LogP) is -0.172. The van der Waals surface area contributed by atoms with Crippen LogP contribution in [0.4, 0.5) is 0 Å². The maximum Gasteiger partial charge on any atom is 0.294 e. The summed E-state index contributed by atoms with van der Waals surface area (Å²) in [4.78, 5) is 25.9. The molecule has 0 bridgehead atoms. The highest BCUT2D eigenvalue weighted by atomic mass is 17.0. The first-order chi connectivity index (χ1) is 7.63. The van der Waals surface area contributed by atoms with Gasteiger partial charge in [-0.2, -0.15) is 0 Å². The summed E-state index contributed by atoms with van der Waals surface area (Å²) < 4.78 is 0. The van der Waals surface area contributed by atoms with Gasteiger partial charge >= 0.3 is 0 Å². The molecule has 16 heavy (non-hydrogen) atoms. The van der Waals surface area contributed by atoms with Gasteiger partial charge in [-0.25, -0.2) is 0 Å². The number of amides is 1. The van der Waals surface area contributed by atoms with Crippen molar-refractivity contribution in [2.24, 2.45) is 11.7 Å². The number of hydrogen-bond acceptors (Lipinski definition) is 5. The van der Waals surface area contributed by atoms with E-state index in [1.54, 1.807) is 0 Å². The zero-order valence-electron chi connectivity index (χ0n) is 9.05. The average molecular weight is 231 g/mol. The van der Waals surface area contributed by atoms with E-state index in [1.165, 1.54) is 0 Å². The van der Waals surface area contributed by atoms with E-state index in [0.29, 0.717) is 13.0 Å². The quantitative estimate of drug-likeness (QED) is 0.504. The summed E-state index contributed by atoms with van der Waals surface area (Å²) in [6.45, 7) is 0.335. The van der Waals surface area contributed by atoms with Gasteiger partial charge in [-0.15, -0.1) is 10.1 Å². The first-order valence-electron chi connectivity index (χ1n) is 5.41. The first kappa shape index (κ1) is 12.7. The van der Waals surface area contributed by atoms with E-state index in [-0.39, 0.29) is 18.4 Å². The number of nitrogens with zero attached hydrogens (tertiary/aromatic N) is 1. The van der Waals surface area contributed by atoms with Crippen LogP contribution in [0.5, 0.6) is 0 Å². The Labute approximate surface area is 93.4 Å². The van der Waals surface area contributed by atoms with Crippen molar-refractivity contribution in [1.82, 2.24) is 5.32 Å². The van der Waals surface area contributed by atoms with Crippen LogP contribution in [0.3, 0.4) is 0 Å². The summed E-state index contributed by atoms with van der Waals surface area (Å²) >= 11 is 0. The van der Waals surface area contributed by atoms with E-state index >= 15 is 0 Å². The molecule has 0 heterocycles. The Bertz CT molecular complexity index is 259. The van der Waals surface area contributed by atoms with Crippen molar-refractivity contribution in [3.05, 3.63) is 10.1 Å². The molecule has 1 aliphatic carbocycles. The Morgan fingerprint density at radius 1 is 1.50 bits per heavy atom. The molecule has 2 unspecified atom stereocenters. The highest BCUT2D eigenvalue weighted by Crippen LogP contribution is 2.26. The van der Waals surface area contributed by atoms with Gasteiger partial charge in [0.1, 0.15) is 6.10 Å². The van der Waals surface area contributed by atoms with Crippen LogP contribution in [-0.4, -0.2) is 30.2 Å². The Balaban J connectivity index is 2.40. The van der Waals surface area contributed by atoms with Crippen LogP contribution in [0, 0.1) is 16.0 Å². The third kappa shape index (κ3) is 4.01. The molecule has 1 aliphatic rings. The van der Waals surface area contributed by atoms with Gasteiger partial charge in [0.25, 0.3) is 5.09 Å².